The monoisotopic (exact) mass is 326 g/mol. The molecular formula is C16H14N4O2S. The Labute approximate surface area is 136 Å². The lowest BCUT2D eigenvalue weighted by Gasteiger charge is -2.07. The van der Waals surface area contributed by atoms with Gasteiger partial charge in [-0.1, -0.05) is 6.07 Å². The predicted molar refractivity (Wildman–Crippen MR) is 88.4 cm³/mol. The van der Waals surface area contributed by atoms with Crippen molar-refractivity contribution >= 4 is 17.2 Å². The van der Waals surface area contributed by atoms with Gasteiger partial charge in [-0.15, -0.1) is 11.3 Å². The summed E-state index contributed by atoms with van der Waals surface area (Å²) < 4.78 is 1.36. The normalized spacial score (nSPS) is 10.4. The van der Waals surface area contributed by atoms with E-state index >= 15 is 0 Å². The van der Waals surface area contributed by atoms with Crippen LogP contribution >= 0.6 is 11.3 Å². The van der Waals surface area contributed by atoms with E-state index in [1.807, 2.05) is 17.5 Å². The molecule has 3 aromatic heterocycles. The van der Waals surface area contributed by atoms with Gasteiger partial charge in [0.05, 0.1) is 17.0 Å². The molecule has 3 heterocycles. The Morgan fingerprint density at radius 2 is 2.13 bits per heavy atom. The molecule has 0 aliphatic carbocycles. The van der Waals surface area contributed by atoms with Gasteiger partial charge < -0.3 is 5.32 Å². The fourth-order valence-corrected chi connectivity index (χ4v) is 2.73. The van der Waals surface area contributed by atoms with Crippen LogP contribution in [0.5, 0.6) is 0 Å². The van der Waals surface area contributed by atoms with Crippen LogP contribution in [0.4, 0.5) is 0 Å². The third-order valence-corrected chi connectivity index (χ3v) is 4.07. The maximum atomic E-state index is 11.9. The van der Waals surface area contributed by atoms with E-state index in [0.29, 0.717) is 18.7 Å². The van der Waals surface area contributed by atoms with E-state index in [-0.39, 0.29) is 11.5 Å². The lowest BCUT2D eigenvalue weighted by Crippen LogP contribution is -2.31. The number of thiophene rings is 1. The number of hydrogen-bond acceptors (Lipinski definition) is 5. The first kappa shape index (κ1) is 15.1. The van der Waals surface area contributed by atoms with Crippen LogP contribution in [0.1, 0.15) is 10.4 Å². The predicted octanol–water partition coefficient (Wildman–Crippen LogP) is 1.80. The average molecular weight is 326 g/mol. The summed E-state index contributed by atoms with van der Waals surface area (Å²) in [5, 5.41) is 9.05. The van der Waals surface area contributed by atoms with Crippen LogP contribution in [0.2, 0.25) is 0 Å². The minimum atomic E-state index is -0.222. The zero-order chi connectivity index (χ0) is 16.1. The van der Waals surface area contributed by atoms with Crippen LogP contribution in [-0.4, -0.2) is 27.2 Å². The number of amides is 1. The quantitative estimate of drug-likeness (QED) is 0.775. The second-order valence-corrected chi connectivity index (χ2v) is 5.70. The fourth-order valence-electron chi connectivity index (χ4n) is 2.04. The van der Waals surface area contributed by atoms with Gasteiger partial charge >= 0.3 is 0 Å². The van der Waals surface area contributed by atoms with Gasteiger partial charge in [0.2, 0.25) is 0 Å². The molecule has 0 aromatic carbocycles. The summed E-state index contributed by atoms with van der Waals surface area (Å²) in [6, 6.07) is 10.5. The number of aromatic nitrogens is 3. The minimum Gasteiger partial charge on any atom is -0.350 e. The largest absolute Gasteiger partial charge is 0.350 e. The molecule has 7 heteroatoms. The number of hydrogen-bond donors (Lipinski definition) is 1. The second-order valence-electron chi connectivity index (χ2n) is 4.75. The van der Waals surface area contributed by atoms with Gasteiger partial charge in [-0.3, -0.25) is 14.6 Å². The Kier molecular flexibility index (Phi) is 4.58. The van der Waals surface area contributed by atoms with Gasteiger partial charge in [0.15, 0.2) is 0 Å². The SMILES string of the molecule is O=C(NCCn1nc(-c2cccs2)ccc1=O)c1cccnc1. The van der Waals surface area contributed by atoms with E-state index in [9.17, 15) is 9.59 Å². The van der Waals surface area contributed by atoms with Crippen molar-refractivity contribution in [3.05, 3.63) is 70.1 Å². The molecule has 1 amide bonds. The third-order valence-electron chi connectivity index (χ3n) is 3.17. The van der Waals surface area contributed by atoms with Crippen molar-refractivity contribution in [2.45, 2.75) is 6.54 Å². The third kappa shape index (κ3) is 3.70. The van der Waals surface area contributed by atoms with Gasteiger partial charge in [0.25, 0.3) is 11.5 Å². The zero-order valence-electron chi connectivity index (χ0n) is 12.2. The van der Waals surface area contributed by atoms with Crippen molar-refractivity contribution < 1.29 is 4.79 Å². The van der Waals surface area contributed by atoms with Crippen LogP contribution in [0.15, 0.2) is 59.0 Å². The van der Waals surface area contributed by atoms with E-state index in [0.717, 1.165) is 10.6 Å². The van der Waals surface area contributed by atoms with Crippen molar-refractivity contribution in [1.82, 2.24) is 20.1 Å². The van der Waals surface area contributed by atoms with E-state index in [4.69, 9.17) is 0 Å². The lowest BCUT2D eigenvalue weighted by atomic mass is 10.3. The van der Waals surface area contributed by atoms with E-state index < -0.39 is 0 Å². The van der Waals surface area contributed by atoms with Gasteiger partial charge in [0.1, 0.15) is 5.69 Å². The van der Waals surface area contributed by atoms with Crippen LogP contribution in [0.25, 0.3) is 10.6 Å². The average Bonchev–Trinajstić information content (AvgIpc) is 3.12. The molecule has 0 atom stereocenters. The molecule has 0 radical (unpaired) electrons. The molecule has 0 saturated heterocycles. The van der Waals surface area contributed by atoms with Gasteiger partial charge in [-0.2, -0.15) is 5.10 Å². The van der Waals surface area contributed by atoms with Gasteiger partial charge in [-0.25, -0.2) is 4.68 Å². The molecule has 3 rings (SSSR count). The molecule has 23 heavy (non-hydrogen) atoms. The smallest absolute Gasteiger partial charge is 0.266 e. The molecule has 0 fully saturated rings. The maximum absolute atomic E-state index is 11.9. The highest BCUT2D eigenvalue weighted by molar-refractivity contribution is 7.13. The summed E-state index contributed by atoms with van der Waals surface area (Å²) in [7, 11) is 0. The van der Waals surface area contributed by atoms with Gasteiger partial charge in [-0.05, 0) is 29.6 Å². The Balaban J connectivity index is 1.65. The Morgan fingerprint density at radius 1 is 1.22 bits per heavy atom. The molecule has 0 saturated carbocycles. The molecule has 116 valence electrons. The van der Waals surface area contributed by atoms with E-state index in [1.165, 1.54) is 16.9 Å². The van der Waals surface area contributed by atoms with Crippen LogP contribution < -0.4 is 10.9 Å². The summed E-state index contributed by atoms with van der Waals surface area (Å²) >= 11 is 1.56. The van der Waals surface area contributed by atoms with Gasteiger partial charge in [0, 0.05) is 25.0 Å². The van der Waals surface area contributed by atoms with Crippen molar-refractivity contribution in [2.24, 2.45) is 0 Å². The van der Waals surface area contributed by atoms with Crippen LogP contribution in [-0.2, 0) is 6.54 Å². The number of carbonyl (C=O) groups is 1. The Hall–Kier alpha value is -2.80. The molecule has 0 spiro atoms. The molecule has 0 bridgehead atoms. The van der Waals surface area contributed by atoms with E-state index in [2.05, 4.69) is 15.4 Å². The molecule has 0 aliphatic heterocycles. The number of nitrogens with one attached hydrogen (secondary N) is 1. The highest BCUT2D eigenvalue weighted by Crippen LogP contribution is 2.20. The summed E-state index contributed by atoms with van der Waals surface area (Å²) in [6.45, 7) is 0.624. The van der Waals surface area contributed by atoms with Crippen molar-refractivity contribution in [2.75, 3.05) is 6.54 Å². The number of pyridine rings is 1. The first-order valence-corrected chi connectivity index (χ1v) is 7.92. The summed E-state index contributed by atoms with van der Waals surface area (Å²) in [6.07, 6.45) is 3.10. The standard InChI is InChI=1S/C16H14N4O2S/c21-15-6-5-13(14-4-2-10-23-14)19-20(15)9-8-18-16(22)12-3-1-7-17-11-12/h1-7,10-11H,8-9H2,(H,18,22). The molecule has 0 unspecified atom stereocenters. The fraction of sp³-hybridized carbons (Fsp3) is 0.125. The first-order valence-electron chi connectivity index (χ1n) is 7.04. The Bertz CT molecular complexity index is 844. The molecule has 3 aromatic rings. The molecule has 0 aliphatic rings. The molecule has 1 N–H and O–H groups in total. The molecular weight excluding hydrogens is 312 g/mol. The summed E-state index contributed by atoms with van der Waals surface area (Å²) in [4.78, 5) is 28.7. The Morgan fingerprint density at radius 3 is 2.87 bits per heavy atom. The van der Waals surface area contributed by atoms with Crippen molar-refractivity contribution in [1.29, 1.82) is 0 Å². The minimum absolute atomic E-state index is 0.194. The zero-order valence-corrected chi connectivity index (χ0v) is 13.0. The lowest BCUT2D eigenvalue weighted by molar-refractivity contribution is 0.0951. The second kappa shape index (κ2) is 6.97. The number of nitrogens with zero attached hydrogens (tertiary/aromatic N) is 3. The highest BCUT2D eigenvalue weighted by Gasteiger charge is 2.06. The molecule has 6 nitrogen and oxygen atoms in total. The van der Waals surface area contributed by atoms with Crippen molar-refractivity contribution in [3.63, 3.8) is 0 Å². The first-order chi connectivity index (χ1) is 11.2. The summed E-state index contributed by atoms with van der Waals surface area (Å²) in [5.74, 6) is -0.222. The van der Waals surface area contributed by atoms with Crippen molar-refractivity contribution in [3.8, 4) is 10.6 Å². The number of rotatable bonds is 5. The van der Waals surface area contributed by atoms with Crippen LogP contribution in [0.3, 0.4) is 0 Å². The van der Waals surface area contributed by atoms with Crippen LogP contribution in [0, 0.1) is 0 Å². The van der Waals surface area contributed by atoms with E-state index in [1.54, 1.807) is 35.7 Å². The number of carbonyl (C=O) groups excluding carboxylic acids is 1. The topological polar surface area (TPSA) is 76.9 Å². The maximum Gasteiger partial charge on any atom is 0.266 e. The highest BCUT2D eigenvalue weighted by atomic mass is 32.1. The summed E-state index contributed by atoms with van der Waals surface area (Å²) in [5.41, 5.74) is 1.04.